The van der Waals surface area contributed by atoms with Gasteiger partial charge in [-0.1, -0.05) is 13.8 Å². The molecule has 2 rings (SSSR count). The molecule has 0 atom stereocenters. The lowest BCUT2D eigenvalue weighted by Gasteiger charge is -2.10. The molecule has 0 saturated heterocycles. The SMILES string of the molecule is CC(C)CCNc1cc(Nc2ccc(F)cc2F)ncn1. The number of hydrogen-bond donors (Lipinski definition) is 2. The first kappa shape index (κ1) is 15.2. The normalized spacial score (nSPS) is 10.7. The topological polar surface area (TPSA) is 49.8 Å². The van der Waals surface area contributed by atoms with Gasteiger partial charge in [-0.3, -0.25) is 0 Å². The smallest absolute Gasteiger partial charge is 0.149 e. The first-order chi connectivity index (χ1) is 10.0. The van der Waals surface area contributed by atoms with E-state index in [0.29, 0.717) is 17.6 Å². The molecular weight excluding hydrogens is 274 g/mol. The molecule has 0 aliphatic heterocycles. The van der Waals surface area contributed by atoms with Gasteiger partial charge in [-0.2, -0.15) is 0 Å². The summed E-state index contributed by atoms with van der Waals surface area (Å²) in [6.45, 7) is 5.09. The molecule has 0 radical (unpaired) electrons. The van der Waals surface area contributed by atoms with Gasteiger partial charge in [0.15, 0.2) is 0 Å². The molecular formula is C15H18F2N4. The number of benzene rings is 1. The number of halogens is 2. The van der Waals surface area contributed by atoms with Crippen LogP contribution in [-0.4, -0.2) is 16.5 Å². The third kappa shape index (κ3) is 4.66. The summed E-state index contributed by atoms with van der Waals surface area (Å²) in [5, 5.41) is 5.99. The molecule has 1 heterocycles. The van der Waals surface area contributed by atoms with Crippen molar-refractivity contribution in [2.45, 2.75) is 20.3 Å². The van der Waals surface area contributed by atoms with Crippen LogP contribution in [0.4, 0.5) is 26.1 Å². The molecule has 0 fully saturated rings. The van der Waals surface area contributed by atoms with Gasteiger partial charge in [-0.05, 0) is 24.5 Å². The van der Waals surface area contributed by atoms with Crippen LogP contribution in [0.2, 0.25) is 0 Å². The molecule has 0 amide bonds. The Morgan fingerprint density at radius 3 is 2.57 bits per heavy atom. The van der Waals surface area contributed by atoms with E-state index >= 15 is 0 Å². The molecule has 1 aromatic carbocycles. The van der Waals surface area contributed by atoms with Gasteiger partial charge < -0.3 is 10.6 Å². The Hall–Kier alpha value is -2.24. The number of aromatic nitrogens is 2. The van der Waals surface area contributed by atoms with E-state index in [1.807, 2.05) is 0 Å². The second kappa shape index (κ2) is 6.97. The third-order valence-corrected chi connectivity index (χ3v) is 2.89. The van der Waals surface area contributed by atoms with E-state index in [4.69, 9.17) is 0 Å². The summed E-state index contributed by atoms with van der Waals surface area (Å²) >= 11 is 0. The number of rotatable bonds is 6. The van der Waals surface area contributed by atoms with Crippen LogP contribution in [0.25, 0.3) is 0 Å². The highest BCUT2D eigenvalue weighted by atomic mass is 19.1. The first-order valence-electron chi connectivity index (χ1n) is 6.82. The van der Waals surface area contributed by atoms with Gasteiger partial charge in [0.2, 0.25) is 0 Å². The van der Waals surface area contributed by atoms with Crippen molar-refractivity contribution in [1.82, 2.24) is 9.97 Å². The molecule has 1 aromatic heterocycles. The molecule has 2 aromatic rings. The van der Waals surface area contributed by atoms with Gasteiger partial charge in [0, 0.05) is 18.7 Å². The standard InChI is InChI=1S/C15H18F2N4/c1-10(2)5-6-18-14-8-15(20-9-19-14)21-13-4-3-11(16)7-12(13)17/h3-4,7-10H,5-6H2,1-2H3,(H2,18,19,20,21). The fourth-order valence-electron chi connectivity index (χ4n) is 1.74. The van der Waals surface area contributed by atoms with Gasteiger partial charge in [-0.15, -0.1) is 0 Å². The molecule has 4 nitrogen and oxygen atoms in total. The van der Waals surface area contributed by atoms with Crippen molar-refractivity contribution >= 4 is 17.3 Å². The lowest BCUT2D eigenvalue weighted by molar-refractivity contribution is 0.586. The summed E-state index contributed by atoms with van der Waals surface area (Å²) in [6, 6.07) is 5.03. The van der Waals surface area contributed by atoms with Crippen LogP contribution in [0.15, 0.2) is 30.6 Å². The van der Waals surface area contributed by atoms with Crippen molar-refractivity contribution in [2.75, 3.05) is 17.2 Å². The van der Waals surface area contributed by atoms with Crippen LogP contribution in [0.5, 0.6) is 0 Å². The Labute approximate surface area is 122 Å². The monoisotopic (exact) mass is 292 g/mol. The maximum absolute atomic E-state index is 13.6. The van der Waals surface area contributed by atoms with Crippen LogP contribution in [0, 0.1) is 17.6 Å². The van der Waals surface area contributed by atoms with Gasteiger partial charge >= 0.3 is 0 Å². The molecule has 0 bridgehead atoms. The number of hydrogen-bond acceptors (Lipinski definition) is 4. The van der Waals surface area contributed by atoms with Crippen molar-refractivity contribution in [3.63, 3.8) is 0 Å². The summed E-state index contributed by atoms with van der Waals surface area (Å²) in [5.41, 5.74) is 0.170. The van der Waals surface area contributed by atoms with E-state index in [-0.39, 0.29) is 5.69 Å². The molecule has 112 valence electrons. The zero-order valence-corrected chi connectivity index (χ0v) is 12.0. The van der Waals surface area contributed by atoms with E-state index in [0.717, 1.165) is 19.0 Å². The highest BCUT2D eigenvalue weighted by Crippen LogP contribution is 2.20. The Balaban J connectivity index is 2.03. The van der Waals surface area contributed by atoms with E-state index in [9.17, 15) is 8.78 Å². The molecule has 6 heteroatoms. The average Bonchev–Trinajstić information content (AvgIpc) is 2.42. The summed E-state index contributed by atoms with van der Waals surface area (Å²) in [7, 11) is 0. The minimum absolute atomic E-state index is 0.170. The second-order valence-corrected chi connectivity index (χ2v) is 5.15. The maximum Gasteiger partial charge on any atom is 0.149 e. The molecule has 2 N–H and O–H groups in total. The molecule has 0 spiro atoms. The predicted molar refractivity (Wildman–Crippen MR) is 79.6 cm³/mol. The predicted octanol–water partition coefficient (Wildman–Crippen LogP) is 3.96. The molecule has 0 unspecified atom stereocenters. The number of nitrogens with zero attached hydrogens (tertiary/aromatic N) is 2. The molecule has 0 aliphatic carbocycles. The van der Waals surface area contributed by atoms with Crippen LogP contribution in [-0.2, 0) is 0 Å². The van der Waals surface area contributed by atoms with Crippen molar-refractivity contribution in [3.05, 3.63) is 42.2 Å². The average molecular weight is 292 g/mol. The van der Waals surface area contributed by atoms with Crippen LogP contribution in [0.3, 0.4) is 0 Å². The second-order valence-electron chi connectivity index (χ2n) is 5.15. The minimum Gasteiger partial charge on any atom is -0.370 e. The van der Waals surface area contributed by atoms with Crippen LogP contribution >= 0.6 is 0 Å². The third-order valence-electron chi connectivity index (χ3n) is 2.89. The van der Waals surface area contributed by atoms with E-state index < -0.39 is 11.6 Å². The van der Waals surface area contributed by atoms with Gasteiger partial charge in [0.1, 0.15) is 29.6 Å². The minimum atomic E-state index is -0.664. The Bertz CT molecular complexity index is 602. The maximum atomic E-state index is 13.6. The number of nitrogens with one attached hydrogen (secondary N) is 2. The zero-order valence-electron chi connectivity index (χ0n) is 12.0. The Morgan fingerprint density at radius 1 is 1.10 bits per heavy atom. The van der Waals surface area contributed by atoms with Gasteiger partial charge in [-0.25, -0.2) is 18.7 Å². The van der Waals surface area contributed by atoms with E-state index in [2.05, 4.69) is 34.4 Å². The Morgan fingerprint density at radius 2 is 1.86 bits per heavy atom. The fourth-order valence-corrected chi connectivity index (χ4v) is 1.74. The largest absolute Gasteiger partial charge is 0.370 e. The fraction of sp³-hybridized carbons (Fsp3) is 0.333. The van der Waals surface area contributed by atoms with Crippen molar-refractivity contribution in [2.24, 2.45) is 5.92 Å². The summed E-state index contributed by atoms with van der Waals surface area (Å²) in [5.74, 6) is 0.433. The quantitative estimate of drug-likeness (QED) is 0.846. The van der Waals surface area contributed by atoms with Crippen LogP contribution < -0.4 is 10.6 Å². The van der Waals surface area contributed by atoms with Crippen molar-refractivity contribution in [3.8, 4) is 0 Å². The van der Waals surface area contributed by atoms with Crippen molar-refractivity contribution < 1.29 is 8.78 Å². The summed E-state index contributed by atoms with van der Waals surface area (Å²) in [4.78, 5) is 8.12. The van der Waals surface area contributed by atoms with Gasteiger partial charge in [0.05, 0.1) is 5.69 Å². The van der Waals surface area contributed by atoms with Crippen LogP contribution in [0.1, 0.15) is 20.3 Å². The van der Waals surface area contributed by atoms with Crippen molar-refractivity contribution in [1.29, 1.82) is 0 Å². The molecule has 0 aliphatic rings. The molecule has 0 saturated carbocycles. The van der Waals surface area contributed by atoms with Gasteiger partial charge in [0.25, 0.3) is 0 Å². The number of anilines is 3. The van der Waals surface area contributed by atoms with E-state index in [1.165, 1.54) is 18.5 Å². The summed E-state index contributed by atoms with van der Waals surface area (Å²) in [6.07, 6.45) is 2.42. The highest BCUT2D eigenvalue weighted by molar-refractivity contribution is 5.59. The Kier molecular flexibility index (Phi) is 5.03. The lowest BCUT2D eigenvalue weighted by Crippen LogP contribution is -2.07. The van der Waals surface area contributed by atoms with E-state index in [1.54, 1.807) is 6.07 Å². The first-order valence-corrected chi connectivity index (χ1v) is 6.82. The highest BCUT2D eigenvalue weighted by Gasteiger charge is 2.05. The molecule has 21 heavy (non-hydrogen) atoms. The summed E-state index contributed by atoms with van der Waals surface area (Å²) < 4.78 is 26.4. The lowest BCUT2D eigenvalue weighted by atomic mass is 10.1. The zero-order chi connectivity index (χ0) is 15.2.